The Labute approximate surface area is 92.6 Å². The lowest BCUT2D eigenvalue weighted by Crippen LogP contribution is -2.23. The minimum atomic E-state index is 0.461. The van der Waals surface area contributed by atoms with Crippen LogP contribution >= 0.6 is 0 Å². The van der Waals surface area contributed by atoms with Gasteiger partial charge in [0.05, 0.1) is 0 Å². The largest absolute Gasteiger partial charge is 0.299 e. The van der Waals surface area contributed by atoms with Gasteiger partial charge < -0.3 is 0 Å². The molecule has 1 heteroatoms. The van der Waals surface area contributed by atoms with Gasteiger partial charge >= 0.3 is 0 Å². The van der Waals surface area contributed by atoms with Crippen molar-refractivity contribution in [2.75, 3.05) is 0 Å². The Kier molecular flexibility index (Phi) is 2.37. The van der Waals surface area contributed by atoms with Crippen LogP contribution < -0.4 is 0 Å². The van der Waals surface area contributed by atoms with Gasteiger partial charge in [-0.2, -0.15) is 0 Å². The van der Waals surface area contributed by atoms with E-state index in [1.807, 2.05) is 0 Å². The van der Waals surface area contributed by atoms with Crippen molar-refractivity contribution in [1.82, 2.24) is 0 Å². The number of Topliss-reactive ketones (excluding diaryl/α,β-unsaturated/α-hetero) is 1. The fourth-order valence-electron chi connectivity index (χ4n) is 4.62. The minimum Gasteiger partial charge on any atom is -0.299 e. The Morgan fingerprint density at radius 2 is 2.00 bits per heavy atom. The van der Waals surface area contributed by atoms with Gasteiger partial charge in [-0.15, -0.1) is 0 Å². The Bertz CT molecular complexity index is 271. The van der Waals surface area contributed by atoms with Gasteiger partial charge in [0.1, 0.15) is 5.78 Å². The molecule has 5 atom stereocenters. The third-order valence-corrected chi connectivity index (χ3v) is 5.28. The van der Waals surface area contributed by atoms with Gasteiger partial charge in [0, 0.05) is 11.8 Å². The first kappa shape index (κ1) is 9.86. The summed E-state index contributed by atoms with van der Waals surface area (Å²) < 4.78 is 0. The maximum absolute atomic E-state index is 12.3. The Morgan fingerprint density at radius 3 is 2.73 bits per heavy atom. The molecule has 0 aromatic rings. The topological polar surface area (TPSA) is 17.1 Å². The maximum atomic E-state index is 12.3. The zero-order chi connectivity index (χ0) is 10.4. The lowest BCUT2D eigenvalue weighted by atomic mass is 9.81. The van der Waals surface area contributed by atoms with Crippen molar-refractivity contribution in [3.8, 4) is 0 Å². The molecule has 5 unspecified atom stereocenters. The molecule has 3 aliphatic carbocycles. The number of hydrogen-bond acceptors (Lipinski definition) is 1. The second kappa shape index (κ2) is 3.61. The summed E-state index contributed by atoms with van der Waals surface area (Å²) in [6.07, 6.45) is 9.11. The number of carbonyl (C=O) groups is 1. The molecule has 0 spiro atoms. The minimum absolute atomic E-state index is 0.461. The van der Waals surface area contributed by atoms with Crippen molar-refractivity contribution in [3.63, 3.8) is 0 Å². The van der Waals surface area contributed by atoms with Crippen LogP contribution in [0, 0.1) is 29.6 Å². The van der Waals surface area contributed by atoms with E-state index in [4.69, 9.17) is 0 Å². The highest BCUT2D eigenvalue weighted by atomic mass is 16.1. The summed E-state index contributed by atoms with van der Waals surface area (Å²) >= 11 is 0. The van der Waals surface area contributed by atoms with Crippen molar-refractivity contribution in [2.45, 2.75) is 51.9 Å². The van der Waals surface area contributed by atoms with Gasteiger partial charge in [0.15, 0.2) is 0 Å². The van der Waals surface area contributed by atoms with Crippen molar-refractivity contribution in [2.24, 2.45) is 29.6 Å². The lowest BCUT2D eigenvalue weighted by Gasteiger charge is -2.22. The summed E-state index contributed by atoms with van der Waals surface area (Å²) in [5, 5.41) is 0. The first-order chi connectivity index (χ1) is 7.31. The molecular formula is C14H22O. The summed E-state index contributed by atoms with van der Waals surface area (Å²) in [5.41, 5.74) is 0. The highest BCUT2D eigenvalue weighted by Crippen LogP contribution is 2.59. The van der Waals surface area contributed by atoms with Crippen LogP contribution in [0.1, 0.15) is 51.9 Å². The van der Waals surface area contributed by atoms with Gasteiger partial charge in [-0.1, -0.05) is 19.8 Å². The van der Waals surface area contributed by atoms with Crippen LogP contribution in [0.15, 0.2) is 0 Å². The van der Waals surface area contributed by atoms with Crippen molar-refractivity contribution < 1.29 is 4.79 Å². The zero-order valence-corrected chi connectivity index (χ0v) is 9.74. The molecule has 0 aliphatic heterocycles. The number of rotatable bonds is 3. The maximum Gasteiger partial charge on any atom is 0.139 e. The van der Waals surface area contributed by atoms with Gasteiger partial charge in [-0.25, -0.2) is 0 Å². The lowest BCUT2D eigenvalue weighted by molar-refractivity contribution is -0.125. The molecule has 3 fully saturated rings. The van der Waals surface area contributed by atoms with E-state index in [9.17, 15) is 4.79 Å². The second-order valence-corrected chi connectivity index (χ2v) is 6.00. The van der Waals surface area contributed by atoms with E-state index in [0.717, 1.165) is 17.8 Å². The van der Waals surface area contributed by atoms with Gasteiger partial charge in [-0.3, -0.25) is 4.79 Å². The molecule has 0 N–H and O–H groups in total. The van der Waals surface area contributed by atoms with Crippen molar-refractivity contribution >= 4 is 5.78 Å². The molecule has 0 heterocycles. The van der Waals surface area contributed by atoms with Gasteiger partial charge in [0.2, 0.25) is 0 Å². The summed E-state index contributed by atoms with van der Waals surface area (Å²) in [7, 11) is 0. The van der Waals surface area contributed by atoms with E-state index in [1.54, 1.807) is 0 Å². The van der Waals surface area contributed by atoms with E-state index in [-0.39, 0.29) is 0 Å². The average molecular weight is 206 g/mol. The van der Waals surface area contributed by atoms with Crippen LogP contribution in [0.2, 0.25) is 0 Å². The fraction of sp³-hybridized carbons (Fsp3) is 0.929. The number of carbonyl (C=O) groups excluding carboxylic acids is 1. The quantitative estimate of drug-likeness (QED) is 0.691. The zero-order valence-electron chi connectivity index (χ0n) is 9.74. The van der Waals surface area contributed by atoms with Crippen LogP contribution in [0.3, 0.4) is 0 Å². The summed E-state index contributed by atoms with van der Waals surface area (Å²) in [5.74, 6) is 4.21. The van der Waals surface area contributed by atoms with Crippen molar-refractivity contribution in [1.29, 1.82) is 0 Å². The molecule has 15 heavy (non-hydrogen) atoms. The Hall–Kier alpha value is -0.330. The standard InChI is InChI=1S/C14H22O/c1-2-3-4-11-8-12-9-5-6-10(7-9)13(12)14(11)15/h9-13H,2-8H2,1H3. The van der Waals surface area contributed by atoms with Crippen LogP contribution in [0.5, 0.6) is 0 Å². The van der Waals surface area contributed by atoms with E-state index in [0.29, 0.717) is 17.6 Å². The van der Waals surface area contributed by atoms with Crippen LogP contribution in [0.25, 0.3) is 0 Å². The third kappa shape index (κ3) is 1.38. The summed E-state index contributed by atoms with van der Waals surface area (Å²) in [4.78, 5) is 12.3. The van der Waals surface area contributed by atoms with E-state index in [1.165, 1.54) is 44.9 Å². The van der Waals surface area contributed by atoms with E-state index >= 15 is 0 Å². The molecule has 0 radical (unpaired) electrons. The predicted molar refractivity (Wildman–Crippen MR) is 60.5 cm³/mol. The SMILES string of the molecule is CCCCC1CC2C3CCC(C3)C2C1=O. The molecule has 3 saturated carbocycles. The Balaban J connectivity index is 1.70. The first-order valence-corrected chi connectivity index (χ1v) is 6.85. The molecule has 2 bridgehead atoms. The van der Waals surface area contributed by atoms with Crippen LogP contribution in [-0.2, 0) is 4.79 Å². The molecule has 3 aliphatic rings. The van der Waals surface area contributed by atoms with Gasteiger partial charge in [0.25, 0.3) is 0 Å². The van der Waals surface area contributed by atoms with E-state index in [2.05, 4.69) is 6.92 Å². The highest BCUT2D eigenvalue weighted by molar-refractivity contribution is 5.86. The van der Waals surface area contributed by atoms with Gasteiger partial charge in [-0.05, 0) is 49.9 Å². The number of ketones is 1. The van der Waals surface area contributed by atoms with E-state index < -0.39 is 0 Å². The molecule has 0 aromatic carbocycles. The molecule has 0 aromatic heterocycles. The number of unbranched alkanes of at least 4 members (excludes halogenated alkanes) is 1. The number of hydrogen-bond donors (Lipinski definition) is 0. The molecule has 0 amide bonds. The van der Waals surface area contributed by atoms with Crippen LogP contribution in [-0.4, -0.2) is 5.78 Å². The van der Waals surface area contributed by atoms with Crippen LogP contribution in [0.4, 0.5) is 0 Å². The monoisotopic (exact) mass is 206 g/mol. The van der Waals surface area contributed by atoms with Crippen molar-refractivity contribution in [3.05, 3.63) is 0 Å². The normalized spacial score (nSPS) is 47.5. The molecule has 0 saturated heterocycles. The Morgan fingerprint density at radius 1 is 1.20 bits per heavy atom. The summed E-state index contributed by atoms with van der Waals surface area (Å²) in [6, 6.07) is 0. The molecule has 3 rings (SSSR count). The smallest absolute Gasteiger partial charge is 0.139 e. The highest BCUT2D eigenvalue weighted by Gasteiger charge is 2.55. The number of fused-ring (bicyclic) bond motifs is 5. The fourth-order valence-corrected chi connectivity index (χ4v) is 4.62. The first-order valence-electron chi connectivity index (χ1n) is 6.85. The third-order valence-electron chi connectivity index (χ3n) is 5.28. The molecule has 1 nitrogen and oxygen atoms in total. The molecule has 84 valence electrons. The predicted octanol–water partition coefficient (Wildman–Crippen LogP) is 3.43. The average Bonchev–Trinajstić information content (AvgIpc) is 2.88. The second-order valence-electron chi connectivity index (χ2n) is 6.00. The molecular weight excluding hydrogens is 184 g/mol. The summed E-state index contributed by atoms with van der Waals surface area (Å²) in [6.45, 7) is 2.23.